The van der Waals surface area contributed by atoms with Crippen LogP contribution in [0.2, 0.25) is 0 Å². The van der Waals surface area contributed by atoms with Gasteiger partial charge in [-0.1, -0.05) is 36.9 Å². The number of nitriles is 1. The third-order valence-corrected chi connectivity index (χ3v) is 9.13. The van der Waals surface area contributed by atoms with Gasteiger partial charge in [0.05, 0.1) is 30.8 Å². The summed E-state index contributed by atoms with van der Waals surface area (Å²) < 4.78 is 20.1. The van der Waals surface area contributed by atoms with Gasteiger partial charge in [-0.2, -0.15) is 15.2 Å². The smallest absolute Gasteiger partial charge is 0.318 e. The Morgan fingerprint density at radius 1 is 1.12 bits per heavy atom. The monoisotopic (exact) mass is 583 g/mol. The molecule has 224 valence electrons. The largest absolute Gasteiger partial charge is 0.462 e. The maximum absolute atomic E-state index is 13.8. The maximum atomic E-state index is 13.8. The Labute approximate surface area is 252 Å². The fourth-order valence-electron chi connectivity index (χ4n) is 6.80. The molecule has 0 radical (unpaired) electrons. The van der Waals surface area contributed by atoms with E-state index in [1.165, 1.54) is 26.9 Å². The van der Waals surface area contributed by atoms with E-state index in [1.807, 2.05) is 0 Å². The van der Waals surface area contributed by atoms with Crippen molar-refractivity contribution < 1.29 is 13.9 Å². The number of anilines is 2. The van der Waals surface area contributed by atoms with E-state index >= 15 is 0 Å². The Hall–Kier alpha value is -4.23. The molecule has 2 fully saturated rings. The molecule has 4 heterocycles. The van der Waals surface area contributed by atoms with Crippen LogP contribution in [0.1, 0.15) is 36.1 Å². The van der Waals surface area contributed by atoms with E-state index in [-0.39, 0.29) is 13.0 Å². The number of halogens is 1. The molecule has 0 aliphatic carbocycles. The third-order valence-electron chi connectivity index (χ3n) is 9.13. The summed E-state index contributed by atoms with van der Waals surface area (Å²) >= 11 is 0. The Bertz CT molecular complexity index is 1580. The molecule has 3 aliphatic heterocycles. The summed E-state index contributed by atoms with van der Waals surface area (Å²) in [5, 5.41) is 12.0. The second-order valence-corrected chi connectivity index (χ2v) is 11.8. The van der Waals surface area contributed by atoms with Gasteiger partial charge < -0.3 is 24.3 Å². The Morgan fingerprint density at radius 2 is 1.93 bits per heavy atom. The highest BCUT2D eigenvalue weighted by atomic mass is 19.1. The normalized spacial score (nSPS) is 20.7. The lowest BCUT2D eigenvalue weighted by atomic mass is 9.99. The summed E-state index contributed by atoms with van der Waals surface area (Å²) in [6, 6.07) is 15.2. The molecule has 3 aliphatic rings. The van der Waals surface area contributed by atoms with Crippen molar-refractivity contribution in [1.29, 1.82) is 5.26 Å². The molecule has 9 nitrogen and oxygen atoms in total. The van der Waals surface area contributed by atoms with Crippen LogP contribution in [-0.2, 0) is 17.8 Å². The zero-order valence-electron chi connectivity index (χ0n) is 24.9. The SMILES string of the molecule is C=C(F)C(=O)N1CCN(c2nc(OC[C@@H]3CCCN3C)nc3c2CCN(c2cccc4cccc(C)c24)C3)C[C@@H]1CC#N. The lowest BCUT2D eigenvalue weighted by Gasteiger charge is -2.42. The van der Waals surface area contributed by atoms with Gasteiger partial charge in [-0.15, -0.1) is 0 Å². The van der Waals surface area contributed by atoms with Crippen molar-refractivity contribution in [1.82, 2.24) is 19.8 Å². The number of rotatable bonds is 7. The molecule has 2 aromatic carbocycles. The average Bonchev–Trinajstić information content (AvgIpc) is 3.43. The van der Waals surface area contributed by atoms with Crippen molar-refractivity contribution >= 4 is 28.2 Å². The standard InChI is InChI=1S/C33H38FN7O2/c1-22-7-4-8-24-9-5-11-29(30(22)24)39-16-13-27-28(20-39)36-33(43-21-26-10-6-15-38(26)3)37-31(27)40-17-18-41(32(42)23(2)34)25(19-40)12-14-35/h4-5,7-9,11,25-26H,2,6,10,12-13,15-21H2,1,3H3/t25-,26-/m0/s1. The van der Waals surface area contributed by atoms with E-state index in [0.29, 0.717) is 38.3 Å². The van der Waals surface area contributed by atoms with Crippen molar-refractivity contribution in [2.75, 3.05) is 56.2 Å². The summed E-state index contributed by atoms with van der Waals surface area (Å²) in [7, 11) is 2.12. The number of aromatic nitrogens is 2. The highest BCUT2D eigenvalue weighted by Crippen LogP contribution is 2.36. The molecular weight excluding hydrogens is 545 g/mol. The molecule has 0 unspecified atom stereocenters. The second kappa shape index (κ2) is 12.2. The van der Waals surface area contributed by atoms with Crippen LogP contribution in [0, 0.1) is 18.3 Å². The van der Waals surface area contributed by atoms with Crippen molar-refractivity contribution in [3.05, 3.63) is 65.6 Å². The maximum Gasteiger partial charge on any atom is 0.318 e. The number of amides is 1. The van der Waals surface area contributed by atoms with Crippen molar-refractivity contribution in [3.63, 3.8) is 0 Å². The van der Waals surface area contributed by atoms with Crippen molar-refractivity contribution in [2.24, 2.45) is 0 Å². The molecule has 0 N–H and O–H groups in total. The lowest BCUT2D eigenvalue weighted by Crippen LogP contribution is -2.55. The highest BCUT2D eigenvalue weighted by Gasteiger charge is 2.35. The lowest BCUT2D eigenvalue weighted by molar-refractivity contribution is -0.131. The molecule has 43 heavy (non-hydrogen) atoms. The van der Waals surface area contributed by atoms with Crippen LogP contribution in [0.3, 0.4) is 0 Å². The van der Waals surface area contributed by atoms with Gasteiger partial charge in [0.15, 0.2) is 5.83 Å². The van der Waals surface area contributed by atoms with Gasteiger partial charge >= 0.3 is 6.01 Å². The molecule has 6 rings (SSSR count). The Balaban J connectivity index is 1.34. The van der Waals surface area contributed by atoms with Gasteiger partial charge in [-0.05, 0) is 56.8 Å². The minimum Gasteiger partial charge on any atom is -0.462 e. The molecule has 2 atom stereocenters. The minimum absolute atomic E-state index is 0.0916. The summed E-state index contributed by atoms with van der Waals surface area (Å²) in [5.74, 6) is -0.981. The molecule has 1 amide bonds. The number of nitrogens with zero attached hydrogens (tertiary/aromatic N) is 7. The van der Waals surface area contributed by atoms with Crippen LogP contribution >= 0.6 is 0 Å². The topological polar surface area (TPSA) is 88.8 Å². The first-order valence-corrected chi connectivity index (χ1v) is 15.1. The predicted molar refractivity (Wildman–Crippen MR) is 165 cm³/mol. The van der Waals surface area contributed by atoms with Gasteiger partial charge in [-0.3, -0.25) is 4.79 Å². The fourth-order valence-corrected chi connectivity index (χ4v) is 6.80. The van der Waals surface area contributed by atoms with E-state index in [4.69, 9.17) is 14.7 Å². The number of hydrogen-bond donors (Lipinski definition) is 0. The number of piperazine rings is 1. The molecule has 3 aromatic rings. The Kier molecular flexibility index (Phi) is 8.17. The van der Waals surface area contributed by atoms with Crippen molar-refractivity contribution in [2.45, 2.75) is 51.2 Å². The number of carbonyl (C=O) groups is 1. The molecule has 0 spiro atoms. The van der Waals surface area contributed by atoms with Crippen LogP contribution in [-0.4, -0.2) is 84.1 Å². The molecule has 0 saturated carbocycles. The van der Waals surface area contributed by atoms with Crippen LogP contribution in [0.4, 0.5) is 15.9 Å². The number of fused-ring (bicyclic) bond motifs is 2. The zero-order chi connectivity index (χ0) is 30.1. The van der Waals surface area contributed by atoms with E-state index in [9.17, 15) is 14.4 Å². The number of benzene rings is 2. The summed E-state index contributed by atoms with van der Waals surface area (Å²) in [4.78, 5) is 30.6. The highest BCUT2D eigenvalue weighted by molar-refractivity contribution is 5.97. The number of aryl methyl sites for hydroxylation is 1. The second-order valence-electron chi connectivity index (χ2n) is 11.8. The zero-order valence-corrected chi connectivity index (χ0v) is 24.9. The van der Waals surface area contributed by atoms with Crippen LogP contribution < -0.4 is 14.5 Å². The summed E-state index contributed by atoms with van der Waals surface area (Å²) in [6.07, 6.45) is 3.05. The van der Waals surface area contributed by atoms with Gasteiger partial charge in [0.1, 0.15) is 12.4 Å². The predicted octanol–water partition coefficient (Wildman–Crippen LogP) is 4.39. The molecular formula is C33H38FN7O2. The third kappa shape index (κ3) is 5.74. The van der Waals surface area contributed by atoms with Crippen molar-refractivity contribution in [3.8, 4) is 12.1 Å². The van der Waals surface area contributed by atoms with Crippen LogP contribution in [0.15, 0.2) is 48.8 Å². The first kappa shape index (κ1) is 28.9. The molecule has 10 heteroatoms. The van der Waals surface area contributed by atoms with Crippen LogP contribution in [0.5, 0.6) is 6.01 Å². The van der Waals surface area contributed by atoms with Gasteiger partial charge in [0.2, 0.25) is 0 Å². The average molecular weight is 584 g/mol. The molecule has 1 aromatic heterocycles. The van der Waals surface area contributed by atoms with E-state index in [2.05, 4.69) is 77.7 Å². The number of ether oxygens (including phenoxy) is 1. The first-order chi connectivity index (χ1) is 20.8. The van der Waals surface area contributed by atoms with E-state index < -0.39 is 17.8 Å². The summed E-state index contributed by atoms with van der Waals surface area (Å²) in [6.45, 7) is 9.41. The van der Waals surface area contributed by atoms with E-state index in [1.54, 1.807) is 0 Å². The molecule has 2 saturated heterocycles. The van der Waals surface area contributed by atoms with Gasteiger partial charge in [-0.25, -0.2) is 4.39 Å². The fraction of sp³-hybridized carbons (Fsp3) is 0.455. The summed E-state index contributed by atoms with van der Waals surface area (Å²) in [5.41, 5.74) is 4.40. The number of hydrogen-bond acceptors (Lipinski definition) is 8. The number of likely N-dealkylation sites (N-methyl/N-ethyl adjacent to an activating group) is 1. The Morgan fingerprint density at radius 3 is 2.67 bits per heavy atom. The van der Waals surface area contributed by atoms with Crippen LogP contribution in [0.25, 0.3) is 10.8 Å². The van der Waals surface area contributed by atoms with Gasteiger partial charge in [0.25, 0.3) is 5.91 Å². The first-order valence-electron chi connectivity index (χ1n) is 15.1. The quantitative estimate of drug-likeness (QED) is 0.379. The number of carbonyl (C=O) groups excluding carboxylic acids is 1. The number of likely N-dealkylation sites (tertiary alicyclic amines) is 1. The van der Waals surface area contributed by atoms with Gasteiger partial charge in [0, 0.05) is 48.9 Å². The minimum atomic E-state index is -1.01. The van der Waals surface area contributed by atoms with E-state index in [0.717, 1.165) is 49.4 Å². The molecule has 0 bridgehead atoms.